The number of hydrogen-bond donors (Lipinski definition) is 1. The number of carbonyl (C=O) groups is 1. The van der Waals surface area contributed by atoms with E-state index >= 15 is 0 Å². The Kier molecular flexibility index (Phi) is 4.96. The van der Waals surface area contributed by atoms with Gasteiger partial charge in [0.15, 0.2) is 0 Å². The van der Waals surface area contributed by atoms with E-state index in [1.807, 2.05) is 49.4 Å². The predicted molar refractivity (Wildman–Crippen MR) is 88.8 cm³/mol. The number of carbonyl (C=O) groups excluding carboxylic acids is 1. The van der Waals surface area contributed by atoms with Gasteiger partial charge in [-0.25, -0.2) is 0 Å². The average Bonchev–Trinajstić information content (AvgIpc) is 3.10. The first kappa shape index (κ1) is 15.9. The number of pyridine rings is 1. The second kappa shape index (κ2) is 7.50. The van der Waals surface area contributed by atoms with E-state index in [-0.39, 0.29) is 11.9 Å². The van der Waals surface area contributed by atoms with E-state index in [0.29, 0.717) is 24.6 Å². The van der Waals surface area contributed by atoms with Gasteiger partial charge in [0.05, 0.1) is 6.04 Å². The van der Waals surface area contributed by atoms with E-state index in [1.54, 1.807) is 12.4 Å². The minimum atomic E-state index is -0.0486. The molecule has 1 aromatic carbocycles. The van der Waals surface area contributed by atoms with Gasteiger partial charge in [0.2, 0.25) is 17.6 Å². The maximum absolute atomic E-state index is 12.1. The molecule has 0 aliphatic rings. The molecule has 6 heteroatoms. The minimum absolute atomic E-state index is 0.0349. The molecule has 0 bridgehead atoms. The average molecular weight is 322 g/mol. The summed E-state index contributed by atoms with van der Waals surface area (Å²) in [6, 6.07) is 13.5. The van der Waals surface area contributed by atoms with Crippen LogP contribution in [0.1, 0.15) is 30.8 Å². The highest BCUT2D eigenvalue weighted by Gasteiger charge is 2.13. The fourth-order valence-corrected chi connectivity index (χ4v) is 2.33. The quantitative estimate of drug-likeness (QED) is 0.754. The van der Waals surface area contributed by atoms with Crippen LogP contribution >= 0.6 is 0 Å². The molecule has 24 heavy (non-hydrogen) atoms. The van der Waals surface area contributed by atoms with Crippen molar-refractivity contribution in [2.75, 3.05) is 0 Å². The highest BCUT2D eigenvalue weighted by Crippen LogP contribution is 2.15. The highest BCUT2D eigenvalue weighted by molar-refractivity contribution is 5.76. The zero-order valence-corrected chi connectivity index (χ0v) is 13.3. The van der Waals surface area contributed by atoms with E-state index in [1.165, 1.54) is 0 Å². The SMILES string of the molecule is C[C@H](NC(=O)CCc1nc(-c2cccnc2)no1)c1ccccc1. The predicted octanol–water partition coefficient (Wildman–Crippen LogP) is 2.94. The number of amides is 1. The molecule has 2 aromatic heterocycles. The van der Waals surface area contributed by atoms with Crippen molar-refractivity contribution in [1.29, 1.82) is 0 Å². The highest BCUT2D eigenvalue weighted by atomic mass is 16.5. The Balaban J connectivity index is 1.53. The molecule has 0 aliphatic carbocycles. The molecule has 0 saturated heterocycles. The molecule has 0 spiro atoms. The second-order valence-corrected chi connectivity index (χ2v) is 5.45. The van der Waals surface area contributed by atoms with Gasteiger partial charge in [-0.15, -0.1) is 0 Å². The first-order valence-corrected chi connectivity index (χ1v) is 7.79. The van der Waals surface area contributed by atoms with E-state index in [2.05, 4.69) is 20.4 Å². The van der Waals surface area contributed by atoms with Crippen molar-refractivity contribution in [1.82, 2.24) is 20.4 Å². The van der Waals surface area contributed by atoms with Crippen molar-refractivity contribution in [3.63, 3.8) is 0 Å². The van der Waals surface area contributed by atoms with E-state index < -0.39 is 0 Å². The number of hydrogen-bond acceptors (Lipinski definition) is 5. The normalized spacial score (nSPS) is 11.9. The smallest absolute Gasteiger partial charge is 0.227 e. The van der Waals surface area contributed by atoms with Gasteiger partial charge in [0.1, 0.15) is 0 Å². The zero-order valence-electron chi connectivity index (χ0n) is 13.3. The number of nitrogens with zero attached hydrogens (tertiary/aromatic N) is 3. The summed E-state index contributed by atoms with van der Waals surface area (Å²) >= 11 is 0. The third kappa shape index (κ3) is 4.04. The van der Waals surface area contributed by atoms with Crippen LogP contribution in [0.25, 0.3) is 11.4 Å². The van der Waals surface area contributed by atoms with Crippen LogP contribution in [-0.4, -0.2) is 21.0 Å². The molecule has 122 valence electrons. The lowest BCUT2D eigenvalue weighted by Crippen LogP contribution is -2.26. The third-order valence-corrected chi connectivity index (χ3v) is 3.63. The first-order chi connectivity index (χ1) is 11.7. The summed E-state index contributed by atoms with van der Waals surface area (Å²) in [6.07, 6.45) is 4.05. The van der Waals surface area contributed by atoms with Crippen LogP contribution in [0, 0.1) is 0 Å². The largest absolute Gasteiger partial charge is 0.350 e. The van der Waals surface area contributed by atoms with Crippen LogP contribution < -0.4 is 5.32 Å². The Hall–Kier alpha value is -3.02. The van der Waals surface area contributed by atoms with Gasteiger partial charge in [0, 0.05) is 30.8 Å². The lowest BCUT2D eigenvalue weighted by Gasteiger charge is -2.13. The lowest BCUT2D eigenvalue weighted by atomic mass is 10.1. The number of aryl methyl sites for hydroxylation is 1. The van der Waals surface area contributed by atoms with Crippen molar-refractivity contribution in [2.45, 2.75) is 25.8 Å². The van der Waals surface area contributed by atoms with Gasteiger partial charge in [-0.1, -0.05) is 35.5 Å². The summed E-state index contributed by atoms with van der Waals surface area (Å²) in [5, 5.41) is 6.88. The number of nitrogens with one attached hydrogen (secondary N) is 1. The molecule has 3 rings (SSSR count). The van der Waals surface area contributed by atoms with Crippen LogP contribution in [0.15, 0.2) is 59.4 Å². The Morgan fingerprint density at radius 1 is 1.21 bits per heavy atom. The van der Waals surface area contributed by atoms with Gasteiger partial charge in [-0.3, -0.25) is 9.78 Å². The maximum atomic E-state index is 12.1. The van der Waals surface area contributed by atoms with Gasteiger partial charge in [0.25, 0.3) is 0 Å². The Morgan fingerprint density at radius 3 is 2.79 bits per heavy atom. The number of aromatic nitrogens is 3. The fraction of sp³-hybridized carbons (Fsp3) is 0.222. The lowest BCUT2D eigenvalue weighted by molar-refractivity contribution is -0.121. The molecule has 1 atom stereocenters. The van der Waals surface area contributed by atoms with Crippen LogP contribution in [0.3, 0.4) is 0 Å². The Labute approximate surface area is 139 Å². The van der Waals surface area contributed by atoms with Crippen LogP contribution in [0.5, 0.6) is 0 Å². The van der Waals surface area contributed by atoms with Crippen molar-refractivity contribution in [2.24, 2.45) is 0 Å². The van der Waals surface area contributed by atoms with Crippen molar-refractivity contribution >= 4 is 5.91 Å². The van der Waals surface area contributed by atoms with Crippen molar-refractivity contribution in [3.8, 4) is 11.4 Å². The van der Waals surface area contributed by atoms with Crippen molar-refractivity contribution < 1.29 is 9.32 Å². The van der Waals surface area contributed by atoms with Crippen LogP contribution in [0.4, 0.5) is 0 Å². The summed E-state index contributed by atoms with van der Waals surface area (Å²) < 4.78 is 5.19. The van der Waals surface area contributed by atoms with Gasteiger partial charge in [-0.2, -0.15) is 4.98 Å². The molecule has 0 fully saturated rings. The van der Waals surface area contributed by atoms with E-state index in [9.17, 15) is 4.79 Å². The minimum Gasteiger partial charge on any atom is -0.350 e. The molecule has 0 radical (unpaired) electrons. The standard InChI is InChI=1S/C18H18N4O2/c1-13(14-6-3-2-4-7-14)20-16(23)9-10-17-21-18(22-24-17)15-8-5-11-19-12-15/h2-8,11-13H,9-10H2,1H3,(H,20,23)/t13-/m0/s1. The Morgan fingerprint density at radius 2 is 2.04 bits per heavy atom. The molecule has 6 nitrogen and oxygen atoms in total. The van der Waals surface area contributed by atoms with E-state index in [4.69, 9.17) is 4.52 Å². The molecular weight excluding hydrogens is 304 g/mol. The summed E-state index contributed by atoms with van der Waals surface area (Å²) in [5.41, 5.74) is 1.86. The summed E-state index contributed by atoms with van der Waals surface area (Å²) in [5.74, 6) is 0.875. The Bertz CT molecular complexity index is 787. The zero-order chi connectivity index (χ0) is 16.8. The third-order valence-electron chi connectivity index (χ3n) is 3.63. The molecule has 3 aromatic rings. The molecule has 2 heterocycles. The summed E-state index contributed by atoms with van der Waals surface area (Å²) in [4.78, 5) is 20.4. The summed E-state index contributed by atoms with van der Waals surface area (Å²) in [7, 11) is 0. The van der Waals surface area contributed by atoms with Crippen LogP contribution in [-0.2, 0) is 11.2 Å². The molecule has 0 unspecified atom stereocenters. The molecule has 1 amide bonds. The molecule has 0 saturated carbocycles. The summed E-state index contributed by atoms with van der Waals surface area (Å²) in [6.45, 7) is 1.96. The monoisotopic (exact) mass is 322 g/mol. The number of rotatable bonds is 6. The van der Waals surface area contributed by atoms with E-state index in [0.717, 1.165) is 11.1 Å². The van der Waals surface area contributed by atoms with Gasteiger partial charge >= 0.3 is 0 Å². The van der Waals surface area contributed by atoms with Crippen molar-refractivity contribution in [3.05, 3.63) is 66.3 Å². The maximum Gasteiger partial charge on any atom is 0.227 e. The molecule has 0 aliphatic heterocycles. The fourth-order valence-electron chi connectivity index (χ4n) is 2.33. The molecular formula is C18H18N4O2. The number of benzene rings is 1. The van der Waals surface area contributed by atoms with Gasteiger partial charge < -0.3 is 9.84 Å². The topological polar surface area (TPSA) is 80.9 Å². The second-order valence-electron chi connectivity index (χ2n) is 5.45. The van der Waals surface area contributed by atoms with Crippen LogP contribution in [0.2, 0.25) is 0 Å². The van der Waals surface area contributed by atoms with Gasteiger partial charge in [-0.05, 0) is 24.6 Å². The molecule has 1 N–H and O–H groups in total. The first-order valence-electron chi connectivity index (χ1n) is 7.79.